The first-order valence-corrected chi connectivity index (χ1v) is 7.46. The van der Waals surface area contributed by atoms with Crippen molar-refractivity contribution >= 4 is 32.4 Å². The summed E-state index contributed by atoms with van der Waals surface area (Å²) in [6, 6.07) is 8.47. The van der Waals surface area contributed by atoms with Crippen molar-refractivity contribution in [3.63, 3.8) is 0 Å². The topological polar surface area (TPSA) is 43.1 Å². The van der Waals surface area contributed by atoms with Crippen LogP contribution >= 0.6 is 15.9 Å². The monoisotopic (exact) mass is 345 g/mol. The number of halogens is 3. The lowest BCUT2D eigenvalue weighted by Crippen LogP contribution is -1.99. The van der Waals surface area contributed by atoms with Gasteiger partial charge < -0.3 is 5.73 Å². The van der Waals surface area contributed by atoms with Crippen LogP contribution in [0.4, 0.5) is 14.5 Å². The molecule has 2 aromatic rings. The Labute approximate surface area is 120 Å². The summed E-state index contributed by atoms with van der Waals surface area (Å²) in [5.74, 6) is -1.75. The minimum atomic E-state index is -1.45. The van der Waals surface area contributed by atoms with Crippen molar-refractivity contribution in [2.24, 2.45) is 0 Å². The average molecular weight is 346 g/mol. The largest absolute Gasteiger partial charge is 0.398 e. The highest BCUT2D eigenvalue weighted by Crippen LogP contribution is 2.22. The van der Waals surface area contributed by atoms with Crippen molar-refractivity contribution in [2.75, 3.05) is 5.73 Å². The van der Waals surface area contributed by atoms with Gasteiger partial charge in [0.25, 0.3) is 0 Å². The molecule has 0 spiro atoms. The fourth-order valence-corrected chi connectivity index (χ4v) is 2.89. The van der Waals surface area contributed by atoms with Gasteiger partial charge in [-0.15, -0.1) is 0 Å². The first kappa shape index (κ1) is 14.1. The molecule has 0 fully saturated rings. The van der Waals surface area contributed by atoms with Gasteiger partial charge >= 0.3 is 0 Å². The van der Waals surface area contributed by atoms with Crippen LogP contribution in [-0.2, 0) is 16.6 Å². The minimum Gasteiger partial charge on any atom is -0.398 e. The first-order chi connectivity index (χ1) is 8.97. The number of hydrogen-bond acceptors (Lipinski definition) is 2. The van der Waals surface area contributed by atoms with E-state index in [1.807, 2.05) is 0 Å². The summed E-state index contributed by atoms with van der Waals surface area (Å²) in [5.41, 5.74) is 7.03. The standard InChI is InChI=1S/C13H10BrF2NOS/c14-10-3-1-8(5-13(10)17)7-19(18)9-2-4-11(15)12(16)6-9/h1-6H,7,17H2. The summed E-state index contributed by atoms with van der Waals surface area (Å²) in [4.78, 5) is 0.250. The fraction of sp³-hybridized carbons (Fsp3) is 0.0769. The van der Waals surface area contributed by atoms with Gasteiger partial charge in [0, 0.05) is 15.1 Å². The van der Waals surface area contributed by atoms with E-state index in [0.717, 1.165) is 22.2 Å². The molecule has 0 aliphatic carbocycles. The zero-order valence-corrected chi connectivity index (χ0v) is 12.1. The number of nitrogen functional groups attached to an aromatic ring is 1. The summed E-state index contributed by atoms with van der Waals surface area (Å²) in [5, 5.41) is 0. The van der Waals surface area contributed by atoms with E-state index in [0.29, 0.717) is 5.69 Å². The summed E-state index contributed by atoms with van der Waals surface area (Å²) in [6.07, 6.45) is 0. The van der Waals surface area contributed by atoms with Crippen LogP contribution in [0.2, 0.25) is 0 Å². The van der Waals surface area contributed by atoms with Crippen LogP contribution in [0.3, 0.4) is 0 Å². The zero-order valence-electron chi connectivity index (χ0n) is 9.70. The molecule has 0 aliphatic heterocycles. The third-order valence-corrected chi connectivity index (χ3v) is 4.61. The molecule has 100 valence electrons. The molecule has 2 nitrogen and oxygen atoms in total. The van der Waals surface area contributed by atoms with Crippen molar-refractivity contribution in [3.8, 4) is 0 Å². The molecule has 0 radical (unpaired) electrons. The number of rotatable bonds is 3. The van der Waals surface area contributed by atoms with Gasteiger partial charge in [-0.3, -0.25) is 4.21 Å². The quantitative estimate of drug-likeness (QED) is 0.863. The Kier molecular flexibility index (Phi) is 4.31. The van der Waals surface area contributed by atoms with Crippen LogP contribution in [0, 0.1) is 11.6 Å². The molecule has 0 bridgehead atoms. The van der Waals surface area contributed by atoms with E-state index in [1.54, 1.807) is 18.2 Å². The highest BCUT2D eigenvalue weighted by atomic mass is 79.9. The Morgan fingerprint density at radius 2 is 1.84 bits per heavy atom. The molecule has 0 saturated heterocycles. The molecule has 0 aliphatic rings. The maximum absolute atomic E-state index is 13.1. The van der Waals surface area contributed by atoms with E-state index in [2.05, 4.69) is 15.9 Å². The summed E-state index contributed by atoms with van der Waals surface area (Å²) in [7, 11) is -1.45. The van der Waals surface area contributed by atoms with Crippen molar-refractivity contribution in [3.05, 3.63) is 58.1 Å². The number of anilines is 1. The van der Waals surface area contributed by atoms with E-state index in [9.17, 15) is 13.0 Å². The third-order valence-electron chi connectivity index (χ3n) is 2.51. The van der Waals surface area contributed by atoms with Gasteiger partial charge in [-0.25, -0.2) is 8.78 Å². The van der Waals surface area contributed by atoms with Crippen molar-refractivity contribution in [1.29, 1.82) is 0 Å². The van der Waals surface area contributed by atoms with Gasteiger partial charge in [-0.05, 0) is 51.8 Å². The van der Waals surface area contributed by atoms with Crippen molar-refractivity contribution in [2.45, 2.75) is 10.6 Å². The predicted molar refractivity (Wildman–Crippen MR) is 75.0 cm³/mol. The predicted octanol–water partition coefficient (Wildman–Crippen LogP) is 3.62. The molecule has 0 aromatic heterocycles. The molecule has 2 aromatic carbocycles. The zero-order chi connectivity index (χ0) is 14.0. The molecule has 0 heterocycles. The highest BCUT2D eigenvalue weighted by molar-refractivity contribution is 9.10. The smallest absolute Gasteiger partial charge is 0.160 e. The lowest BCUT2D eigenvalue weighted by atomic mass is 10.2. The maximum atomic E-state index is 13.1. The fourth-order valence-electron chi connectivity index (χ4n) is 1.54. The van der Waals surface area contributed by atoms with Crippen LogP contribution in [-0.4, -0.2) is 4.21 Å². The van der Waals surface area contributed by atoms with Gasteiger partial charge in [0.05, 0.1) is 16.6 Å². The van der Waals surface area contributed by atoms with Crippen molar-refractivity contribution in [1.82, 2.24) is 0 Å². The Morgan fingerprint density at radius 1 is 1.11 bits per heavy atom. The number of hydrogen-bond donors (Lipinski definition) is 1. The van der Waals surface area contributed by atoms with Crippen LogP contribution in [0.15, 0.2) is 45.8 Å². The summed E-state index contributed by atoms with van der Waals surface area (Å²) in [6.45, 7) is 0. The Hall–Kier alpha value is -1.27. The summed E-state index contributed by atoms with van der Waals surface area (Å²) < 4.78 is 38.7. The summed E-state index contributed by atoms with van der Waals surface area (Å²) >= 11 is 3.27. The molecule has 2 N–H and O–H groups in total. The molecular weight excluding hydrogens is 336 g/mol. The van der Waals surface area contributed by atoms with Gasteiger partial charge in [0.15, 0.2) is 11.6 Å². The molecule has 2 rings (SSSR count). The Bertz CT molecular complexity index is 649. The number of nitrogens with two attached hydrogens (primary N) is 1. The molecule has 1 atom stereocenters. The molecule has 19 heavy (non-hydrogen) atoms. The van der Waals surface area contributed by atoms with Gasteiger partial charge in [0.1, 0.15) is 0 Å². The van der Waals surface area contributed by atoms with Crippen LogP contribution in [0.1, 0.15) is 5.56 Å². The minimum absolute atomic E-state index is 0.197. The van der Waals surface area contributed by atoms with Crippen LogP contribution < -0.4 is 5.73 Å². The van der Waals surface area contributed by atoms with E-state index in [1.165, 1.54) is 6.07 Å². The normalized spacial score (nSPS) is 12.4. The van der Waals surface area contributed by atoms with Crippen molar-refractivity contribution < 1.29 is 13.0 Å². The second-order valence-electron chi connectivity index (χ2n) is 3.92. The van der Waals surface area contributed by atoms with Gasteiger partial charge in [-0.1, -0.05) is 6.07 Å². The van der Waals surface area contributed by atoms with Crippen LogP contribution in [0.25, 0.3) is 0 Å². The van der Waals surface area contributed by atoms with E-state index in [-0.39, 0.29) is 10.6 Å². The lowest BCUT2D eigenvalue weighted by molar-refractivity contribution is 0.505. The number of benzene rings is 2. The first-order valence-electron chi connectivity index (χ1n) is 5.34. The van der Waals surface area contributed by atoms with Gasteiger partial charge in [0.2, 0.25) is 0 Å². The molecule has 0 amide bonds. The Morgan fingerprint density at radius 3 is 2.47 bits per heavy atom. The van der Waals surface area contributed by atoms with Crippen LogP contribution in [0.5, 0.6) is 0 Å². The van der Waals surface area contributed by atoms with E-state index >= 15 is 0 Å². The molecule has 1 unspecified atom stereocenters. The third kappa shape index (κ3) is 3.39. The van der Waals surface area contributed by atoms with Gasteiger partial charge in [-0.2, -0.15) is 0 Å². The molecule has 0 saturated carbocycles. The molecule has 6 heteroatoms. The van der Waals surface area contributed by atoms with E-state index in [4.69, 9.17) is 5.73 Å². The highest BCUT2D eigenvalue weighted by Gasteiger charge is 2.10. The van der Waals surface area contributed by atoms with E-state index < -0.39 is 22.4 Å². The SMILES string of the molecule is Nc1cc(CS(=O)c2ccc(F)c(F)c2)ccc1Br. The second-order valence-corrected chi connectivity index (χ2v) is 6.23. The average Bonchev–Trinajstić information content (AvgIpc) is 2.37. The lowest BCUT2D eigenvalue weighted by Gasteiger charge is -2.05. The second kappa shape index (κ2) is 5.79. The maximum Gasteiger partial charge on any atom is 0.160 e. The Balaban J connectivity index is 2.20. The molecular formula is C13H10BrF2NOS.